The first-order chi connectivity index (χ1) is 14.4. The van der Waals surface area contributed by atoms with Crippen molar-refractivity contribution in [1.29, 1.82) is 0 Å². The van der Waals surface area contributed by atoms with E-state index in [1.54, 1.807) is 48.5 Å². The van der Waals surface area contributed by atoms with E-state index in [-0.39, 0.29) is 23.6 Å². The third-order valence-electron chi connectivity index (χ3n) is 3.88. The Bertz CT molecular complexity index is 959. The van der Waals surface area contributed by atoms with Gasteiger partial charge in [0.25, 0.3) is 0 Å². The van der Waals surface area contributed by atoms with Gasteiger partial charge in [-0.2, -0.15) is 0 Å². The van der Waals surface area contributed by atoms with Crippen molar-refractivity contribution < 1.29 is 29.0 Å². The molecule has 0 atom stereocenters. The highest BCUT2D eigenvalue weighted by Gasteiger charge is 2.12. The van der Waals surface area contributed by atoms with Crippen molar-refractivity contribution in [3.8, 4) is 5.75 Å². The third kappa shape index (κ3) is 7.16. The number of rotatable bonds is 6. The first-order valence-corrected chi connectivity index (χ1v) is 9.05. The lowest BCUT2D eigenvalue weighted by molar-refractivity contribution is -0.131. The summed E-state index contributed by atoms with van der Waals surface area (Å²) in [5.74, 6) is -1.37. The molecule has 6 nitrogen and oxygen atoms in total. The van der Waals surface area contributed by atoms with Crippen LogP contribution in [0.4, 0.5) is 0 Å². The average Bonchev–Trinajstić information content (AvgIpc) is 2.75. The number of esters is 1. The zero-order valence-corrected chi connectivity index (χ0v) is 16.3. The van der Waals surface area contributed by atoms with E-state index in [9.17, 15) is 19.2 Å². The largest absolute Gasteiger partial charge is 0.478 e. The number of carbonyl (C=O) groups excluding carboxylic acids is 3. The maximum absolute atomic E-state index is 11.8. The lowest BCUT2D eigenvalue weighted by atomic mass is 10.0. The fraction of sp³-hybridized carbons (Fsp3) is 0.0833. The molecule has 0 aliphatic carbocycles. The van der Waals surface area contributed by atoms with Crippen LogP contribution in [0.25, 0.3) is 0 Å². The fourth-order valence-corrected chi connectivity index (χ4v) is 2.43. The van der Waals surface area contributed by atoms with Crippen LogP contribution < -0.4 is 4.74 Å². The molecular formula is C24H20O6. The van der Waals surface area contributed by atoms with E-state index in [0.717, 1.165) is 0 Å². The number of Topliss-reactive ketones (excluding diaryl/α,β-unsaturated/α-hetero) is 2. The quantitative estimate of drug-likeness (QED) is 0.282. The SMILES string of the molecule is CC(=O)Oc1ccc(C(=O)O)cc1.O=C(CC(=O)c1ccccc1)c1ccccc1. The minimum atomic E-state index is -1.01. The highest BCUT2D eigenvalue weighted by molar-refractivity contribution is 6.13. The zero-order chi connectivity index (χ0) is 21.9. The molecule has 0 aromatic heterocycles. The zero-order valence-electron chi connectivity index (χ0n) is 16.3. The Kier molecular flexibility index (Phi) is 8.20. The van der Waals surface area contributed by atoms with Gasteiger partial charge in [0.1, 0.15) is 5.75 Å². The minimum Gasteiger partial charge on any atom is -0.478 e. The van der Waals surface area contributed by atoms with E-state index in [2.05, 4.69) is 0 Å². The van der Waals surface area contributed by atoms with Gasteiger partial charge in [0, 0.05) is 18.1 Å². The molecule has 0 unspecified atom stereocenters. The summed E-state index contributed by atoms with van der Waals surface area (Å²) in [4.78, 5) is 44.5. The fourth-order valence-electron chi connectivity index (χ4n) is 2.43. The second-order valence-electron chi connectivity index (χ2n) is 6.18. The van der Waals surface area contributed by atoms with E-state index in [1.165, 1.54) is 31.2 Å². The average molecular weight is 404 g/mol. The summed E-state index contributed by atoms with van der Waals surface area (Å²) in [5, 5.41) is 8.55. The summed E-state index contributed by atoms with van der Waals surface area (Å²) < 4.78 is 4.72. The first-order valence-electron chi connectivity index (χ1n) is 9.05. The Morgan fingerprint density at radius 3 is 1.47 bits per heavy atom. The highest BCUT2D eigenvalue weighted by Crippen LogP contribution is 2.12. The maximum atomic E-state index is 11.8. The van der Waals surface area contributed by atoms with Gasteiger partial charge in [-0.15, -0.1) is 0 Å². The summed E-state index contributed by atoms with van der Waals surface area (Å²) in [6.07, 6.45) is -0.0754. The first kappa shape index (κ1) is 22.2. The molecule has 0 bridgehead atoms. The monoisotopic (exact) mass is 404 g/mol. The van der Waals surface area contributed by atoms with E-state index in [0.29, 0.717) is 16.9 Å². The molecule has 0 saturated carbocycles. The molecule has 6 heteroatoms. The molecule has 0 radical (unpaired) electrons. The molecule has 152 valence electrons. The number of aromatic carboxylic acids is 1. The number of carbonyl (C=O) groups is 4. The summed E-state index contributed by atoms with van der Waals surface area (Å²) in [5.41, 5.74) is 1.32. The molecule has 0 aliphatic heterocycles. The van der Waals surface area contributed by atoms with Crippen molar-refractivity contribution >= 4 is 23.5 Å². The molecule has 0 fully saturated rings. The highest BCUT2D eigenvalue weighted by atomic mass is 16.5. The van der Waals surface area contributed by atoms with E-state index in [4.69, 9.17) is 9.84 Å². The van der Waals surface area contributed by atoms with Crippen LogP contribution in [0.1, 0.15) is 44.4 Å². The summed E-state index contributed by atoms with van der Waals surface area (Å²) >= 11 is 0. The van der Waals surface area contributed by atoms with Crippen LogP contribution in [0.5, 0.6) is 5.75 Å². The third-order valence-corrected chi connectivity index (χ3v) is 3.88. The summed E-state index contributed by atoms with van der Waals surface area (Å²) in [6, 6.07) is 23.4. The van der Waals surface area contributed by atoms with Gasteiger partial charge in [-0.3, -0.25) is 14.4 Å². The van der Waals surface area contributed by atoms with Gasteiger partial charge in [-0.05, 0) is 24.3 Å². The smallest absolute Gasteiger partial charge is 0.335 e. The van der Waals surface area contributed by atoms with Crippen LogP contribution in [-0.4, -0.2) is 28.6 Å². The normalized spacial score (nSPS) is 9.63. The Morgan fingerprint density at radius 2 is 1.10 bits per heavy atom. The predicted molar refractivity (Wildman–Crippen MR) is 111 cm³/mol. The molecule has 1 N–H and O–H groups in total. The Hall–Kier alpha value is -4.06. The molecular weight excluding hydrogens is 384 g/mol. The van der Waals surface area contributed by atoms with Crippen LogP contribution in [0.2, 0.25) is 0 Å². The molecule has 0 aliphatic rings. The number of benzene rings is 3. The van der Waals surface area contributed by atoms with Crippen molar-refractivity contribution in [1.82, 2.24) is 0 Å². The number of carboxylic acid groups (broad SMARTS) is 1. The summed E-state index contributed by atoms with van der Waals surface area (Å²) in [6.45, 7) is 1.28. The number of ketones is 2. The molecule has 30 heavy (non-hydrogen) atoms. The molecule has 0 saturated heterocycles. The van der Waals surface area contributed by atoms with Gasteiger partial charge in [0.15, 0.2) is 11.6 Å². The van der Waals surface area contributed by atoms with Crippen LogP contribution in [-0.2, 0) is 4.79 Å². The van der Waals surface area contributed by atoms with Gasteiger partial charge in [0.2, 0.25) is 0 Å². The van der Waals surface area contributed by atoms with E-state index in [1.807, 2.05) is 12.1 Å². The molecule has 0 amide bonds. The van der Waals surface area contributed by atoms with Gasteiger partial charge in [-0.25, -0.2) is 4.79 Å². The number of carboxylic acids is 1. The standard InChI is InChI=1S/C15H12O2.C9H8O4/c16-14(12-7-3-1-4-8-12)11-15(17)13-9-5-2-6-10-13;1-6(10)13-8-4-2-7(3-5-8)9(11)12/h1-10H,11H2;2-5H,1H3,(H,11,12). The maximum Gasteiger partial charge on any atom is 0.335 e. The van der Waals surface area contributed by atoms with E-state index >= 15 is 0 Å². The van der Waals surface area contributed by atoms with E-state index < -0.39 is 11.9 Å². The van der Waals surface area contributed by atoms with Crippen LogP contribution >= 0.6 is 0 Å². The second kappa shape index (κ2) is 11.1. The van der Waals surface area contributed by atoms with Crippen molar-refractivity contribution in [2.24, 2.45) is 0 Å². The molecule has 0 spiro atoms. The topological polar surface area (TPSA) is 97.7 Å². The second-order valence-corrected chi connectivity index (χ2v) is 6.18. The van der Waals surface area contributed by atoms with Crippen molar-refractivity contribution in [3.63, 3.8) is 0 Å². The molecule has 3 aromatic rings. The summed E-state index contributed by atoms with van der Waals surface area (Å²) in [7, 11) is 0. The molecule has 3 aromatic carbocycles. The predicted octanol–water partition coefficient (Wildman–Crippen LogP) is 4.45. The van der Waals surface area contributed by atoms with Gasteiger partial charge in [-0.1, -0.05) is 60.7 Å². The lowest BCUT2D eigenvalue weighted by Crippen LogP contribution is -2.08. The number of hydrogen-bond donors (Lipinski definition) is 1. The molecule has 0 heterocycles. The Morgan fingerprint density at radius 1 is 0.667 bits per heavy atom. The van der Waals surface area contributed by atoms with Gasteiger partial charge < -0.3 is 9.84 Å². The molecule has 3 rings (SSSR count). The Balaban J connectivity index is 0.000000222. The van der Waals surface area contributed by atoms with Crippen molar-refractivity contribution in [2.45, 2.75) is 13.3 Å². The number of hydrogen-bond acceptors (Lipinski definition) is 5. The number of ether oxygens (including phenoxy) is 1. The van der Waals surface area contributed by atoms with Crippen LogP contribution in [0.15, 0.2) is 84.9 Å². The van der Waals surface area contributed by atoms with Gasteiger partial charge >= 0.3 is 11.9 Å². The van der Waals surface area contributed by atoms with Gasteiger partial charge in [0.05, 0.1) is 12.0 Å². The van der Waals surface area contributed by atoms with Crippen molar-refractivity contribution in [2.75, 3.05) is 0 Å². The van der Waals surface area contributed by atoms with Crippen LogP contribution in [0.3, 0.4) is 0 Å². The lowest BCUT2D eigenvalue weighted by Gasteiger charge is -2.00. The van der Waals surface area contributed by atoms with Crippen molar-refractivity contribution in [3.05, 3.63) is 102 Å². The Labute approximate surface area is 173 Å². The van der Waals surface area contributed by atoms with Crippen LogP contribution in [0, 0.1) is 0 Å². The minimum absolute atomic E-state index is 0.0754.